The first-order valence-electron chi connectivity index (χ1n) is 5.69. The van der Waals surface area contributed by atoms with Crippen LogP contribution >= 0.6 is 11.3 Å². The molecule has 88 valence electrons. The van der Waals surface area contributed by atoms with Crippen molar-refractivity contribution in [2.24, 2.45) is 0 Å². The zero-order chi connectivity index (χ0) is 12.5. The molecule has 0 atom stereocenters. The Balaban J connectivity index is 2.30. The highest BCUT2D eigenvalue weighted by molar-refractivity contribution is 7.21. The van der Waals surface area contributed by atoms with Crippen LogP contribution in [0.15, 0.2) is 53.6 Å². The van der Waals surface area contributed by atoms with Crippen molar-refractivity contribution >= 4 is 21.4 Å². The van der Waals surface area contributed by atoms with Gasteiger partial charge in [-0.1, -0.05) is 12.1 Å². The number of pyridine rings is 1. The molecule has 18 heavy (non-hydrogen) atoms. The zero-order valence-electron chi connectivity index (χ0n) is 9.88. The number of hydrogen-bond acceptors (Lipinski definition) is 3. The Morgan fingerprint density at radius 1 is 1.17 bits per heavy atom. The lowest BCUT2D eigenvalue weighted by atomic mass is 10.1. The minimum absolute atomic E-state index is 0.0719. The number of hydrogen-bond donors (Lipinski definition) is 0. The Morgan fingerprint density at radius 2 is 2.06 bits per heavy atom. The van der Waals surface area contributed by atoms with Gasteiger partial charge in [0.15, 0.2) is 5.43 Å². The van der Waals surface area contributed by atoms with Gasteiger partial charge < -0.3 is 0 Å². The van der Waals surface area contributed by atoms with Crippen molar-refractivity contribution in [3.8, 4) is 10.4 Å². The SMILES string of the molecule is Cc1ccc2c(=O)cc(-c3cccnc3)sc2c1. The average molecular weight is 253 g/mol. The molecule has 0 fully saturated rings. The number of fused-ring (bicyclic) bond motifs is 1. The van der Waals surface area contributed by atoms with Gasteiger partial charge in [-0.05, 0) is 30.7 Å². The highest BCUT2D eigenvalue weighted by Gasteiger charge is 2.05. The van der Waals surface area contributed by atoms with Crippen LogP contribution in [0.1, 0.15) is 5.56 Å². The van der Waals surface area contributed by atoms with E-state index in [2.05, 4.69) is 11.1 Å². The molecule has 0 unspecified atom stereocenters. The van der Waals surface area contributed by atoms with E-state index in [1.807, 2.05) is 31.2 Å². The second kappa shape index (κ2) is 4.35. The summed E-state index contributed by atoms with van der Waals surface area (Å²) in [6, 6.07) is 11.5. The van der Waals surface area contributed by atoms with E-state index >= 15 is 0 Å². The first-order valence-corrected chi connectivity index (χ1v) is 6.50. The molecule has 2 nitrogen and oxygen atoms in total. The van der Waals surface area contributed by atoms with Crippen LogP contribution in [0.25, 0.3) is 20.5 Å². The van der Waals surface area contributed by atoms with Crippen molar-refractivity contribution in [2.75, 3.05) is 0 Å². The Morgan fingerprint density at radius 3 is 2.83 bits per heavy atom. The normalized spacial score (nSPS) is 10.7. The van der Waals surface area contributed by atoms with Crippen LogP contribution in [-0.4, -0.2) is 4.98 Å². The molecule has 3 rings (SSSR count). The van der Waals surface area contributed by atoms with E-state index in [-0.39, 0.29) is 5.43 Å². The lowest BCUT2D eigenvalue weighted by Gasteiger charge is -2.02. The number of benzene rings is 1. The van der Waals surface area contributed by atoms with Gasteiger partial charge >= 0.3 is 0 Å². The molecule has 0 N–H and O–H groups in total. The molecule has 0 aliphatic heterocycles. The van der Waals surface area contributed by atoms with E-state index in [4.69, 9.17) is 0 Å². The summed E-state index contributed by atoms with van der Waals surface area (Å²) in [6.07, 6.45) is 3.52. The molecular weight excluding hydrogens is 242 g/mol. The van der Waals surface area contributed by atoms with E-state index in [0.29, 0.717) is 0 Å². The lowest BCUT2D eigenvalue weighted by Crippen LogP contribution is -1.98. The van der Waals surface area contributed by atoms with E-state index in [1.54, 1.807) is 29.8 Å². The molecular formula is C15H11NOS. The van der Waals surface area contributed by atoms with Gasteiger partial charge in [0, 0.05) is 39.0 Å². The van der Waals surface area contributed by atoms with E-state index in [9.17, 15) is 4.79 Å². The Bertz CT molecular complexity index is 762. The minimum atomic E-state index is 0.0719. The smallest absolute Gasteiger partial charge is 0.188 e. The Kier molecular flexibility index (Phi) is 2.68. The number of nitrogens with zero attached hydrogens (tertiary/aromatic N) is 1. The van der Waals surface area contributed by atoms with E-state index in [0.717, 1.165) is 20.5 Å². The third-order valence-electron chi connectivity index (χ3n) is 2.83. The summed E-state index contributed by atoms with van der Waals surface area (Å²) in [4.78, 5) is 17.1. The van der Waals surface area contributed by atoms with Crippen molar-refractivity contribution in [3.63, 3.8) is 0 Å². The number of rotatable bonds is 1. The zero-order valence-corrected chi connectivity index (χ0v) is 10.7. The van der Waals surface area contributed by atoms with Crippen LogP contribution in [0.5, 0.6) is 0 Å². The summed E-state index contributed by atoms with van der Waals surface area (Å²) >= 11 is 1.63. The van der Waals surface area contributed by atoms with Crippen LogP contribution in [0, 0.1) is 6.92 Å². The van der Waals surface area contributed by atoms with Crippen LogP contribution in [-0.2, 0) is 0 Å². The monoisotopic (exact) mass is 253 g/mol. The van der Waals surface area contributed by atoms with E-state index in [1.165, 1.54) is 5.56 Å². The number of aromatic nitrogens is 1. The van der Waals surface area contributed by atoms with Crippen molar-refractivity contribution in [1.82, 2.24) is 4.98 Å². The molecule has 0 saturated carbocycles. The van der Waals surface area contributed by atoms with Crippen molar-refractivity contribution in [3.05, 3.63) is 64.6 Å². The summed E-state index contributed by atoms with van der Waals surface area (Å²) in [5.74, 6) is 0. The molecule has 0 saturated heterocycles. The largest absolute Gasteiger partial charge is 0.289 e. The summed E-state index contributed by atoms with van der Waals surface area (Å²) < 4.78 is 1.03. The topological polar surface area (TPSA) is 30.0 Å². The van der Waals surface area contributed by atoms with Gasteiger partial charge in [0.2, 0.25) is 0 Å². The van der Waals surface area contributed by atoms with Gasteiger partial charge in [0.1, 0.15) is 0 Å². The predicted molar refractivity (Wildman–Crippen MR) is 76.1 cm³/mol. The molecule has 1 aromatic carbocycles. The summed E-state index contributed by atoms with van der Waals surface area (Å²) in [5.41, 5.74) is 2.23. The van der Waals surface area contributed by atoms with Gasteiger partial charge in [-0.15, -0.1) is 11.3 Å². The fourth-order valence-corrected chi connectivity index (χ4v) is 3.08. The average Bonchev–Trinajstić information content (AvgIpc) is 2.39. The Labute approximate surface area is 109 Å². The maximum atomic E-state index is 12.1. The van der Waals surface area contributed by atoms with Crippen molar-refractivity contribution < 1.29 is 0 Å². The Hall–Kier alpha value is -2.00. The molecule has 2 heterocycles. The maximum Gasteiger partial charge on any atom is 0.188 e. The molecule has 0 bridgehead atoms. The minimum Gasteiger partial charge on any atom is -0.289 e. The first-order chi connectivity index (χ1) is 8.74. The van der Waals surface area contributed by atoms with Gasteiger partial charge in [-0.3, -0.25) is 9.78 Å². The molecule has 0 spiro atoms. The van der Waals surface area contributed by atoms with Gasteiger partial charge in [0.05, 0.1) is 0 Å². The van der Waals surface area contributed by atoms with Crippen LogP contribution < -0.4 is 5.43 Å². The van der Waals surface area contributed by atoms with Gasteiger partial charge in [0.25, 0.3) is 0 Å². The summed E-state index contributed by atoms with van der Waals surface area (Å²) in [6.45, 7) is 2.04. The molecule has 0 radical (unpaired) electrons. The molecule has 3 heteroatoms. The van der Waals surface area contributed by atoms with Crippen LogP contribution in [0.4, 0.5) is 0 Å². The third kappa shape index (κ3) is 1.93. The highest BCUT2D eigenvalue weighted by Crippen LogP contribution is 2.27. The fourth-order valence-electron chi connectivity index (χ4n) is 1.91. The molecule has 0 amide bonds. The summed E-state index contributed by atoms with van der Waals surface area (Å²) in [7, 11) is 0. The second-order valence-electron chi connectivity index (χ2n) is 4.22. The maximum absolute atomic E-state index is 12.1. The van der Waals surface area contributed by atoms with Crippen LogP contribution in [0.3, 0.4) is 0 Å². The molecule has 3 aromatic rings. The molecule has 0 aliphatic rings. The first kappa shape index (κ1) is 11.1. The number of aryl methyl sites for hydroxylation is 1. The van der Waals surface area contributed by atoms with Crippen molar-refractivity contribution in [1.29, 1.82) is 0 Å². The fraction of sp³-hybridized carbons (Fsp3) is 0.0667. The van der Waals surface area contributed by atoms with Gasteiger partial charge in [-0.25, -0.2) is 0 Å². The highest BCUT2D eigenvalue weighted by atomic mass is 32.1. The van der Waals surface area contributed by atoms with E-state index < -0.39 is 0 Å². The quantitative estimate of drug-likeness (QED) is 0.663. The van der Waals surface area contributed by atoms with Crippen LogP contribution in [0.2, 0.25) is 0 Å². The standard InChI is InChI=1S/C15H11NOS/c1-10-4-5-12-13(17)8-14(18-15(12)7-10)11-3-2-6-16-9-11/h2-9H,1H3. The molecule has 2 aromatic heterocycles. The second-order valence-corrected chi connectivity index (χ2v) is 5.30. The lowest BCUT2D eigenvalue weighted by molar-refractivity contribution is 1.33. The molecule has 0 aliphatic carbocycles. The van der Waals surface area contributed by atoms with Gasteiger partial charge in [-0.2, -0.15) is 0 Å². The predicted octanol–water partition coefficient (Wildman–Crippen LogP) is 3.63. The van der Waals surface area contributed by atoms with Crippen molar-refractivity contribution in [2.45, 2.75) is 6.92 Å². The third-order valence-corrected chi connectivity index (χ3v) is 3.96. The summed E-state index contributed by atoms with van der Waals surface area (Å²) in [5, 5.41) is 0.790.